The molecule has 0 aliphatic heterocycles. The van der Waals surface area contributed by atoms with Crippen molar-refractivity contribution in [3.63, 3.8) is 0 Å². The average Bonchev–Trinajstić information content (AvgIpc) is 3.10. The van der Waals surface area contributed by atoms with E-state index in [1.54, 1.807) is 41.5 Å². The van der Waals surface area contributed by atoms with Crippen LogP contribution < -0.4 is 10.1 Å². The highest BCUT2D eigenvalue weighted by atomic mass is 16.5. The lowest BCUT2D eigenvalue weighted by atomic mass is 10.2. The van der Waals surface area contributed by atoms with Crippen LogP contribution in [0.25, 0.3) is 5.69 Å². The van der Waals surface area contributed by atoms with Crippen LogP contribution in [-0.2, 0) is 0 Å². The molecule has 1 aromatic carbocycles. The highest BCUT2D eigenvalue weighted by Gasteiger charge is 2.12. The predicted octanol–water partition coefficient (Wildman–Crippen LogP) is 1.92. The van der Waals surface area contributed by atoms with Crippen LogP contribution in [0.5, 0.6) is 5.88 Å². The number of anilines is 1. The van der Waals surface area contributed by atoms with Crippen LogP contribution >= 0.6 is 0 Å². The van der Waals surface area contributed by atoms with Gasteiger partial charge in [0, 0.05) is 11.9 Å². The number of aromatic nitrogens is 4. The molecule has 22 heavy (non-hydrogen) atoms. The van der Waals surface area contributed by atoms with Gasteiger partial charge in [-0.05, 0) is 36.4 Å². The Morgan fingerprint density at radius 3 is 2.73 bits per heavy atom. The minimum Gasteiger partial charge on any atom is -0.480 e. The number of ether oxygens (including phenoxy) is 1. The number of pyridine rings is 1. The second-order valence-electron chi connectivity index (χ2n) is 4.40. The predicted molar refractivity (Wildman–Crippen MR) is 80.1 cm³/mol. The zero-order valence-electron chi connectivity index (χ0n) is 11.8. The standard InChI is InChI=1S/C15H13N5O2/c1-22-15-13(3-2-8-17-15)14(21)19-11-4-6-12(7-5-11)20-10-16-9-18-20/h2-10H,1H3,(H,19,21). The number of nitrogens with zero attached hydrogens (tertiary/aromatic N) is 4. The van der Waals surface area contributed by atoms with E-state index in [0.717, 1.165) is 5.69 Å². The van der Waals surface area contributed by atoms with Crippen LogP contribution in [0.4, 0.5) is 5.69 Å². The van der Waals surface area contributed by atoms with Crippen molar-refractivity contribution in [1.82, 2.24) is 19.7 Å². The molecular formula is C15H13N5O2. The number of carbonyl (C=O) groups excluding carboxylic acids is 1. The molecule has 110 valence electrons. The van der Waals surface area contributed by atoms with E-state index in [4.69, 9.17) is 4.74 Å². The molecule has 0 saturated heterocycles. The molecule has 0 atom stereocenters. The normalized spacial score (nSPS) is 10.2. The van der Waals surface area contributed by atoms with Crippen LogP contribution in [0.3, 0.4) is 0 Å². The molecule has 1 amide bonds. The topological polar surface area (TPSA) is 81.9 Å². The molecular weight excluding hydrogens is 282 g/mol. The van der Waals surface area contributed by atoms with Crippen molar-refractivity contribution >= 4 is 11.6 Å². The zero-order valence-corrected chi connectivity index (χ0v) is 11.8. The monoisotopic (exact) mass is 295 g/mol. The molecule has 0 aliphatic rings. The van der Waals surface area contributed by atoms with Gasteiger partial charge in [-0.2, -0.15) is 5.10 Å². The number of hydrogen-bond donors (Lipinski definition) is 1. The van der Waals surface area contributed by atoms with E-state index in [9.17, 15) is 4.79 Å². The second-order valence-corrected chi connectivity index (χ2v) is 4.40. The highest BCUT2D eigenvalue weighted by Crippen LogP contribution is 2.17. The van der Waals surface area contributed by atoms with Crippen molar-refractivity contribution in [2.75, 3.05) is 12.4 Å². The largest absolute Gasteiger partial charge is 0.480 e. The minimum absolute atomic E-state index is 0.279. The first-order valence-corrected chi connectivity index (χ1v) is 6.53. The second kappa shape index (κ2) is 6.04. The van der Waals surface area contributed by atoms with Gasteiger partial charge in [-0.1, -0.05) is 0 Å². The number of nitrogens with one attached hydrogen (secondary N) is 1. The smallest absolute Gasteiger partial charge is 0.261 e. The van der Waals surface area contributed by atoms with E-state index >= 15 is 0 Å². The van der Waals surface area contributed by atoms with Crippen molar-refractivity contribution < 1.29 is 9.53 Å². The van der Waals surface area contributed by atoms with Gasteiger partial charge in [-0.15, -0.1) is 0 Å². The maximum atomic E-state index is 12.2. The Kier molecular flexibility index (Phi) is 3.78. The molecule has 0 radical (unpaired) electrons. The summed E-state index contributed by atoms with van der Waals surface area (Å²) in [5, 5.41) is 6.84. The third-order valence-corrected chi connectivity index (χ3v) is 3.02. The van der Waals surface area contributed by atoms with E-state index in [-0.39, 0.29) is 5.91 Å². The summed E-state index contributed by atoms with van der Waals surface area (Å²) in [4.78, 5) is 20.1. The minimum atomic E-state index is -0.279. The lowest BCUT2D eigenvalue weighted by Gasteiger charge is -2.08. The maximum Gasteiger partial charge on any atom is 0.261 e. The van der Waals surface area contributed by atoms with Gasteiger partial charge in [0.15, 0.2) is 0 Å². The highest BCUT2D eigenvalue weighted by molar-refractivity contribution is 6.05. The van der Waals surface area contributed by atoms with Gasteiger partial charge in [0.1, 0.15) is 18.2 Å². The lowest BCUT2D eigenvalue weighted by molar-refractivity contribution is 0.102. The third-order valence-electron chi connectivity index (χ3n) is 3.02. The average molecular weight is 295 g/mol. The molecule has 0 unspecified atom stereocenters. The van der Waals surface area contributed by atoms with Gasteiger partial charge >= 0.3 is 0 Å². The number of methoxy groups -OCH3 is 1. The summed E-state index contributed by atoms with van der Waals surface area (Å²) >= 11 is 0. The van der Waals surface area contributed by atoms with E-state index in [1.807, 2.05) is 12.1 Å². The van der Waals surface area contributed by atoms with Gasteiger partial charge in [-0.3, -0.25) is 4.79 Å². The summed E-state index contributed by atoms with van der Waals surface area (Å²) in [7, 11) is 1.48. The molecule has 0 aliphatic carbocycles. The molecule has 0 fully saturated rings. The molecule has 7 nitrogen and oxygen atoms in total. The Morgan fingerprint density at radius 2 is 2.05 bits per heavy atom. The first kappa shape index (κ1) is 13.7. The molecule has 7 heteroatoms. The van der Waals surface area contributed by atoms with E-state index in [2.05, 4.69) is 20.4 Å². The van der Waals surface area contributed by atoms with Gasteiger partial charge < -0.3 is 10.1 Å². The van der Waals surface area contributed by atoms with Crippen LogP contribution in [0.15, 0.2) is 55.2 Å². The lowest BCUT2D eigenvalue weighted by Crippen LogP contribution is -2.13. The Morgan fingerprint density at radius 1 is 1.23 bits per heavy atom. The van der Waals surface area contributed by atoms with Gasteiger partial charge in [0.2, 0.25) is 5.88 Å². The number of rotatable bonds is 4. The Hall–Kier alpha value is -3.22. The Bertz CT molecular complexity index is 769. The summed E-state index contributed by atoms with van der Waals surface area (Å²) in [6.45, 7) is 0. The fourth-order valence-corrected chi connectivity index (χ4v) is 1.96. The molecule has 1 N–H and O–H groups in total. The van der Waals surface area contributed by atoms with Crippen molar-refractivity contribution in [3.8, 4) is 11.6 Å². The van der Waals surface area contributed by atoms with Crippen LogP contribution in [-0.4, -0.2) is 32.8 Å². The van der Waals surface area contributed by atoms with E-state index in [1.165, 1.54) is 13.4 Å². The van der Waals surface area contributed by atoms with E-state index in [0.29, 0.717) is 17.1 Å². The summed E-state index contributed by atoms with van der Waals surface area (Å²) in [6.07, 6.45) is 4.64. The fraction of sp³-hybridized carbons (Fsp3) is 0.0667. The number of amides is 1. The molecule has 2 aromatic heterocycles. The quantitative estimate of drug-likeness (QED) is 0.795. The number of hydrogen-bond acceptors (Lipinski definition) is 5. The summed E-state index contributed by atoms with van der Waals surface area (Å²) in [5.74, 6) is 0.0118. The Balaban J connectivity index is 1.77. The molecule has 0 spiro atoms. The molecule has 0 bridgehead atoms. The van der Waals surface area contributed by atoms with Crippen molar-refractivity contribution in [3.05, 3.63) is 60.8 Å². The van der Waals surface area contributed by atoms with Crippen LogP contribution in [0, 0.1) is 0 Å². The van der Waals surface area contributed by atoms with Crippen LogP contribution in [0.1, 0.15) is 10.4 Å². The summed E-state index contributed by atoms with van der Waals surface area (Å²) in [6, 6.07) is 10.6. The summed E-state index contributed by atoms with van der Waals surface area (Å²) < 4.78 is 6.72. The first-order chi connectivity index (χ1) is 10.8. The Labute approximate surface area is 126 Å². The fourth-order valence-electron chi connectivity index (χ4n) is 1.96. The SMILES string of the molecule is COc1ncccc1C(=O)Nc1ccc(-n2cncn2)cc1. The van der Waals surface area contributed by atoms with Gasteiger partial charge in [0.25, 0.3) is 5.91 Å². The van der Waals surface area contributed by atoms with E-state index < -0.39 is 0 Å². The van der Waals surface area contributed by atoms with Crippen molar-refractivity contribution in [2.24, 2.45) is 0 Å². The first-order valence-electron chi connectivity index (χ1n) is 6.53. The van der Waals surface area contributed by atoms with Crippen molar-refractivity contribution in [1.29, 1.82) is 0 Å². The summed E-state index contributed by atoms with van der Waals surface area (Å²) in [5.41, 5.74) is 1.90. The molecule has 3 rings (SSSR count). The number of carbonyl (C=O) groups is 1. The van der Waals surface area contributed by atoms with Crippen molar-refractivity contribution in [2.45, 2.75) is 0 Å². The number of benzene rings is 1. The van der Waals surface area contributed by atoms with Gasteiger partial charge in [0.05, 0.1) is 12.8 Å². The zero-order chi connectivity index (χ0) is 15.4. The molecule has 2 heterocycles. The molecule has 3 aromatic rings. The van der Waals surface area contributed by atoms with Crippen LogP contribution in [0.2, 0.25) is 0 Å². The third kappa shape index (κ3) is 2.78. The maximum absolute atomic E-state index is 12.2. The van der Waals surface area contributed by atoms with Gasteiger partial charge in [-0.25, -0.2) is 14.6 Å². The molecule has 0 saturated carbocycles.